The normalized spacial score (nSPS) is 11.2. The Hall–Kier alpha value is -2.02. The van der Waals surface area contributed by atoms with Crippen LogP contribution in [0.4, 0.5) is 0 Å². The van der Waals surface area contributed by atoms with Gasteiger partial charge < -0.3 is 0 Å². The molecule has 0 spiro atoms. The molecule has 0 aliphatic carbocycles. The van der Waals surface area contributed by atoms with Gasteiger partial charge in [-0.3, -0.25) is 0 Å². The van der Waals surface area contributed by atoms with Gasteiger partial charge in [0, 0.05) is 0 Å². The number of rotatable bonds is 6. The van der Waals surface area contributed by atoms with Crippen LogP contribution in [0, 0.1) is 0 Å². The van der Waals surface area contributed by atoms with Crippen molar-refractivity contribution in [3.8, 4) is 0 Å². The zero-order valence-corrected chi connectivity index (χ0v) is 12.1. The second kappa shape index (κ2) is 7.54. The van der Waals surface area contributed by atoms with Gasteiger partial charge in [-0.1, -0.05) is 103 Å². The Bertz CT molecular complexity index is 555. The van der Waals surface area contributed by atoms with Gasteiger partial charge in [-0.05, 0) is 12.7 Å². The topological polar surface area (TPSA) is 0 Å². The summed E-state index contributed by atoms with van der Waals surface area (Å²) < 4.78 is 0. The minimum Gasteiger partial charge on any atom is -0.0991 e. The van der Waals surface area contributed by atoms with Crippen LogP contribution in [-0.4, -0.2) is 6.71 Å². The third-order valence-electron chi connectivity index (χ3n) is 3.67. The van der Waals surface area contributed by atoms with Crippen molar-refractivity contribution in [2.75, 3.05) is 0 Å². The molecule has 2 aromatic rings. The Balaban J connectivity index is 2.34. The fraction of sp³-hybridized carbons (Fsp3) is 0.158. The van der Waals surface area contributed by atoms with E-state index in [0.29, 0.717) is 6.71 Å². The van der Waals surface area contributed by atoms with Gasteiger partial charge in [-0.25, -0.2) is 0 Å². The third kappa shape index (κ3) is 3.74. The number of allylic oxidation sites excluding steroid dienone is 3. The van der Waals surface area contributed by atoms with Crippen LogP contribution < -0.4 is 5.46 Å². The summed E-state index contributed by atoms with van der Waals surface area (Å²) in [6, 6.07) is 21.5. The number of hydrogen-bond acceptors (Lipinski definition) is 0. The van der Waals surface area contributed by atoms with E-state index in [9.17, 15) is 0 Å². The highest BCUT2D eigenvalue weighted by atomic mass is 14.0. The molecule has 0 aliphatic heterocycles. The quantitative estimate of drug-likeness (QED) is 0.538. The summed E-state index contributed by atoms with van der Waals surface area (Å²) in [5.41, 5.74) is 4.20. The van der Waals surface area contributed by atoms with Crippen molar-refractivity contribution in [2.45, 2.75) is 19.7 Å². The molecule has 0 bridgehead atoms. The van der Waals surface area contributed by atoms with E-state index in [-0.39, 0.29) is 0 Å². The van der Waals surface area contributed by atoms with Gasteiger partial charge in [0.15, 0.2) is 0 Å². The molecule has 0 saturated carbocycles. The minimum absolute atomic E-state index is 0.432. The summed E-state index contributed by atoms with van der Waals surface area (Å²) >= 11 is 0. The molecule has 0 N–H and O–H groups in total. The van der Waals surface area contributed by atoms with E-state index in [4.69, 9.17) is 0 Å². The fourth-order valence-electron chi connectivity index (χ4n) is 2.63. The molecule has 0 amide bonds. The monoisotopic (exact) mass is 260 g/mol. The molecule has 0 nitrogen and oxygen atoms in total. The lowest BCUT2D eigenvalue weighted by Gasteiger charge is -2.17. The summed E-state index contributed by atoms with van der Waals surface area (Å²) in [5, 5.41) is 0. The van der Waals surface area contributed by atoms with Crippen LogP contribution in [-0.2, 0) is 6.32 Å². The third-order valence-corrected chi connectivity index (χ3v) is 3.67. The van der Waals surface area contributed by atoms with Crippen LogP contribution in [0.25, 0.3) is 0 Å². The minimum atomic E-state index is 0.432. The van der Waals surface area contributed by atoms with Crippen molar-refractivity contribution in [1.29, 1.82) is 0 Å². The second-order valence-electron chi connectivity index (χ2n) is 4.98. The predicted octanol–water partition coefficient (Wildman–Crippen LogP) is 4.23. The van der Waals surface area contributed by atoms with E-state index >= 15 is 0 Å². The zero-order valence-electron chi connectivity index (χ0n) is 12.1. The standard InChI is InChI=1S/C19H21B/c1-3-11-18(4-2)20(19-14-9-6-10-15-19)16-17-12-7-5-8-13-17/h3,5-15H,1,4,16H2,2H3/b18-11+. The Kier molecular flexibility index (Phi) is 5.43. The van der Waals surface area contributed by atoms with E-state index in [2.05, 4.69) is 80.2 Å². The first-order valence-corrected chi connectivity index (χ1v) is 7.25. The van der Waals surface area contributed by atoms with Crippen molar-refractivity contribution >= 4 is 12.2 Å². The Morgan fingerprint density at radius 2 is 1.60 bits per heavy atom. The Labute approximate surface area is 122 Å². The molecule has 20 heavy (non-hydrogen) atoms. The largest absolute Gasteiger partial charge is 0.208 e. The maximum atomic E-state index is 3.86. The first-order valence-electron chi connectivity index (χ1n) is 7.25. The van der Waals surface area contributed by atoms with Crippen LogP contribution in [0.1, 0.15) is 18.9 Å². The lowest BCUT2D eigenvalue weighted by molar-refractivity contribution is 1.17. The van der Waals surface area contributed by atoms with Crippen molar-refractivity contribution < 1.29 is 0 Å². The molecule has 0 heterocycles. The molecular formula is C19H21B. The summed E-state index contributed by atoms with van der Waals surface area (Å²) in [4.78, 5) is 0. The molecule has 0 radical (unpaired) electrons. The van der Waals surface area contributed by atoms with Crippen LogP contribution in [0.15, 0.2) is 84.9 Å². The van der Waals surface area contributed by atoms with Crippen molar-refractivity contribution in [3.63, 3.8) is 0 Å². The maximum Gasteiger partial charge on any atom is 0.208 e. The van der Waals surface area contributed by atoms with Crippen molar-refractivity contribution in [1.82, 2.24) is 0 Å². The average Bonchev–Trinajstić information content (AvgIpc) is 2.52. The second-order valence-corrected chi connectivity index (χ2v) is 4.98. The van der Waals surface area contributed by atoms with E-state index in [1.165, 1.54) is 16.5 Å². The molecule has 0 saturated heterocycles. The maximum absolute atomic E-state index is 3.86. The van der Waals surface area contributed by atoms with Crippen LogP contribution in [0.5, 0.6) is 0 Å². The van der Waals surface area contributed by atoms with Gasteiger partial charge >= 0.3 is 0 Å². The van der Waals surface area contributed by atoms with Crippen LogP contribution >= 0.6 is 0 Å². The fourth-order valence-corrected chi connectivity index (χ4v) is 2.63. The molecule has 0 aliphatic rings. The molecule has 2 aromatic carbocycles. The van der Waals surface area contributed by atoms with E-state index < -0.39 is 0 Å². The highest BCUT2D eigenvalue weighted by molar-refractivity contribution is 6.79. The van der Waals surface area contributed by atoms with Gasteiger partial charge in [-0.15, -0.1) is 0 Å². The summed E-state index contributed by atoms with van der Waals surface area (Å²) in [7, 11) is 0. The number of hydrogen-bond donors (Lipinski definition) is 0. The molecule has 1 heteroatoms. The van der Waals surface area contributed by atoms with Gasteiger partial charge in [0.2, 0.25) is 6.71 Å². The van der Waals surface area contributed by atoms with Gasteiger partial charge in [0.05, 0.1) is 0 Å². The van der Waals surface area contributed by atoms with E-state index in [0.717, 1.165) is 12.7 Å². The van der Waals surface area contributed by atoms with Gasteiger partial charge in [0.1, 0.15) is 0 Å². The SMILES string of the molecule is C=C/C=C(\CC)B(Cc1ccccc1)c1ccccc1. The van der Waals surface area contributed by atoms with Crippen molar-refractivity contribution in [2.24, 2.45) is 0 Å². The zero-order chi connectivity index (χ0) is 14.2. The summed E-state index contributed by atoms with van der Waals surface area (Å²) in [5.74, 6) is 0. The first-order chi connectivity index (χ1) is 9.85. The van der Waals surface area contributed by atoms with E-state index in [1.54, 1.807) is 0 Å². The van der Waals surface area contributed by atoms with Gasteiger partial charge in [-0.2, -0.15) is 0 Å². The Morgan fingerprint density at radius 1 is 1.00 bits per heavy atom. The van der Waals surface area contributed by atoms with Crippen LogP contribution in [0.2, 0.25) is 0 Å². The molecule has 2 rings (SSSR count). The molecule has 100 valence electrons. The van der Waals surface area contributed by atoms with Gasteiger partial charge in [0.25, 0.3) is 0 Å². The highest BCUT2D eigenvalue weighted by Crippen LogP contribution is 2.13. The summed E-state index contributed by atoms with van der Waals surface area (Å²) in [6.07, 6.45) is 6.16. The smallest absolute Gasteiger partial charge is 0.0991 e. The molecule has 0 atom stereocenters. The number of benzene rings is 2. The Morgan fingerprint density at radius 3 is 2.15 bits per heavy atom. The van der Waals surface area contributed by atoms with Crippen molar-refractivity contribution in [3.05, 3.63) is 90.4 Å². The summed E-state index contributed by atoms with van der Waals surface area (Å²) in [6.45, 7) is 6.51. The van der Waals surface area contributed by atoms with E-state index in [1.807, 2.05) is 6.08 Å². The molecule has 0 aromatic heterocycles. The lowest BCUT2D eigenvalue weighted by atomic mass is 9.37. The predicted molar refractivity (Wildman–Crippen MR) is 90.5 cm³/mol. The molecule has 0 unspecified atom stereocenters. The lowest BCUT2D eigenvalue weighted by Crippen LogP contribution is -2.35. The first kappa shape index (κ1) is 14.4. The van der Waals surface area contributed by atoms with Crippen LogP contribution in [0.3, 0.4) is 0 Å². The molecular weight excluding hydrogens is 239 g/mol. The highest BCUT2D eigenvalue weighted by Gasteiger charge is 2.20. The average molecular weight is 260 g/mol. The molecule has 0 fully saturated rings.